The molecule has 0 fully saturated rings. The molecule has 0 amide bonds. The van der Waals surface area contributed by atoms with Crippen molar-refractivity contribution in [1.29, 1.82) is 0 Å². The van der Waals surface area contributed by atoms with Gasteiger partial charge in [0.25, 0.3) is 0 Å². The minimum absolute atomic E-state index is 0.932. The van der Waals surface area contributed by atoms with Gasteiger partial charge in [0, 0.05) is 11.1 Å². The highest BCUT2D eigenvalue weighted by molar-refractivity contribution is 5.15. The van der Waals surface area contributed by atoms with Crippen LogP contribution >= 0.6 is 0 Å². The Hall–Kier alpha value is -2.12. The summed E-state index contributed by atoms with van der Waals surface area (Å²) in [6.45, 7) is 11.8. The van der Waals surface area contributed by atoms with Gasteiger partial charge in [-0.05, 0) is 12.2 Å². The molecule has 1 nitrogen and oxygen atoms in total. The van der Waals surface area contributed by atoms with Gasteiger partial charge in [-0.1, -0.05) is 73.8 Å². The van der Waals surface area contributed by atoms with Crippen LogP contribution in [0.2, 0.25) is 0 Å². The first-order valence-corrected chi connectivity index (χ1v) is 7.43. The van der Waals surface area contributed by atoms with Gasteiger partial charge < -0.3 is 4.48 Å². The third-order valence-electron chi connectivity index (χ3n) is 3.75. The summed E-state index contributed by atoms with van der Waals surface area (Å²) in [7, 11) is 0. The smallest absolute Gasteiger partial charge is 0.105 e. The topological polar surface area (TPSA) is 0 Å². The molecule has 0 aliphatic carbocycles. The van der Waals surface area contributed by atoms with Crippen LogP contribution in [0.15, 0.2) is 86.0 Å². The standard InChI is InChI=1S/C20H24N/c1-3-15-21(16-4-2,17-19-11-7-5-8-12-19)18-20-13-9-6-10-14-20/h3-14H,1-2,15-18H2/q+1. The minimum Gasteiger partial charge on any atom is -0.310 e. The van der Waals surface area contributed by atoms with Crippen molar-refractivity contribution in [2.45, 2.75) is 13.1 Å². The highest BCUT2D eigenvalue weighted by Crippen LogP contribution is 2.20. The molecule has 0 N–H and O–H groups in total. The summed E-state index contributed by atoms with van der Waals surface area (Å²) in [5, 5.41) is 0. The van der Waals surface area contributed by atoms with E-state index in [2.05, 4.69) is 73.8 Å². The molecular weight excluding hydrogens is 254 g/mol. The fraction of sp³-hybridized carbons (Fsp3) is 0.200. The monoisotopic (exact) mass is 278 g/mol. The molecule has 2 rings (SSSR count). The Labute approximate surface area is 128 Å². The highest BCUT2D eigenvalue weighted by atomic mass is 15.3. The van der Waals surface area contributed by atoms with E-state index in [-0.39, 0.29) is 0 Å². The van der Waals surface area contributed by atoms with Gasteiger partial charge in [0.15, 0.2) is 0 Å². The van der Waals surface area contributed by atoms with Crippen LogP contribution in [0.25, 0.3) is 0 Å². The van der Waals surface area contributed by atoms with Crippen molar-refractivity contribution in [3.05, 3.63) is 97.1 Å². The Kier molecular flexibility index (Phi) is 5.53. The summed E-state index contributed by atoms with van der Waals surface area (Å²) in [6, 6.07) is 21.3. The fourth-order valence-electron chi connectivity index (χ4n) is 2.88. The number of quaternary nitrogens is 1. The molecule has 2 aromatic carbocycles. The largest absolute Gasteiger partial charge is 0.310 e. The average Bonchev–Trinajstić information content (AvgIpc) is 2.50. The first-order chi connectivity index (χ1) is 10.3. The number of benzene rings is 2. The molecule has 0 spiro atoms. The number of nitrogens with zero attached hydrogens (tertiary/aromatic N) is 1. The molecule has 108 valence electrons. The first-order valence-electron chi connectivity index (χ1n) is 7.43. The Balaban J connectivity index is 2.27. The maximum Gasteiger partial charge on any atom is 0.105 e. The highest BCUT2D eigenvalue weighted by Gasteiger charge is 2.25. The molecule has 1 heteroatoms. The zero-order chi connectivity index (χ0) is 15.0. The van der Waals surface area contributed by atoms with Crippen LogP contribution in [0.3, 0.4) is 0 Å². The molecule has 0 atom stereocenters. The van der Waals surface area contributed by atoms with Gasteiger partial charge >= 0.3 is 0 Å². The van der Waals surface area contributed by atoms with Crippen molar-refractivity contribution in [2.24, 2.45) is 0 Å². The van der Waals surface area contributed by atoms with E-state index in [1.165, 1.54) is 11.1 Å². The fourth-order valence-corrected chi connectivity index (χ4v) is 2.88. The molecule has 0 saturated heterocycles. The lowest BCUT2D eigenvalue weighted by Gasteiger charge is -2.37. The molecule has 0 aliphatic rings. The molecule has 0 aromatic heterocycles. The summed E-state index contributed by atoms with van der Waals surface area (Å²) >= 11 is 0. The summed E-state index contributed by atoms with van der Waals surface area (Å²) in [5.41, 5.74) is 2.72. The van der Waals surface area contributed by atoms with E-state index in [1.807, 2.05) is 12.2 Å². The Bertz CT molecular complexity index is 503. The van der Waals surface area contributed by atoms with Crippen LogP contribution in [-0.4, -0.2) is 17.6 Å². The van der Waals surface area contributed by atoms with Crippen LogP contribution in [-0.2, 0) is 13.1 Å². The minimum atomic E-state index is 0.932. The number of rotatable bonds is 8. The van der Waals surface area contributed by atoms with E-state index in [9.17, 15) is 0 Å². The zero-order valence-corrected chi connectivity index (χ0v) is 12.6. The van der Waals surface area contributed by atoms with Crippen molar-refractivity contribution >= 4 is 0 Å². The van der Waals surface area contributed by atoms with Gasteiger partial charge in [0.2, 0.25) is 0 Å². The van der Waals surface area contributed by atoms with Crippen LogP contribution < -0.4 is 0 Å². The maximum absolute atomic E-state index is 3.96. The van der Waals surface area contributed by atoms with Crippen LogP contribution in [0.5, 0.6) is 0 Å². The molecule has 2 aromatic rings. The van der Waals surface area contributed by atoms with Crippen LogP contribution in [0, 0.1) is 0 Å². The Morgan fingerprint density at radius 2 is 1.05 bits per heavy atom. The number of hydrogen-bond donors (Lipinski definition) is 0. The molecular formula is C20H24N+. The predicted molar refractivity (Wildman–Crippen MR) is 90.7 cm³/mol. The predicted octanol–water partition coefficient (Wildman–Crippen LogP) is 4.58. The lowest BCUT2D eigenvalue weighted by atomic mass is 10.1. The SMILES string of the molecule is C=CC[N+](CC=C)(Cc1ccccc1)Cc1ccccc1. The Morgan fingerprint density at radius 1 is 0.667 bits per heavy atom. The van der Waals surface area contributed by atoms with E-state index < -0.39 is 0 Å². The quantitative estimate of drug-likeness (QED) is 0.490. The van der Waals surface area contributed by atoms with Crippen molar-refractivity contribution in [2.75, 3.05) is 13.1 Å². The van der Waals surface area contributed by atoms with Gasteiger partial charge in [-0.2, -0.15) is 0 Å². The van der Waals surface area contributed by atoms with Crippen molar-refractivity contribution in [1.82, 2.24) is 0 Å². The summed E-state index contributed by atoms with van der Waals surface area (Å²) in [4.78, 5) is 0. The van der Waals surface area contributed by atoms with Crippen LogP contribution in [0.1, 0.15) is 11.1 Å². The third kappa shape index (κ3) is 4.44. The molecule has 0 aliphatic heterocycles. The van der Waals surface area contributed by atoms with Gasteiger partial charge in [0.1, 0.15) is 13.1 Å². The van der Waals surface area contributed by atoms with Gasteiger partial charge in [-0.15, -0.1) is 0 Å². The normalized spacial score (nSPS) is 11.0. The molecule has 0 radical (unpaired) electrons. The van der Waals surface area contributed by atoms with Crippen molar-refractivity contribution in [3.8, 4) is 0 Å². The molecule has 0 unspecified atom stereocenters. The second kappa shape index (κ2) is 7.61. The molecule has 21 heavy (non-hydrogen) atoms. The summed E-state index contributed by atoms with van der Waals surface area (Å²) < 4.78 is 0.932. The van der Waals surface area contributed by atoms with Crippen LogP contribution in [0.4, 0.5) is 0 Å². The second-order valence-electron chi connectivity index (χ2n) is 5.57. The third-order valence-corrected chi connectivity index (χ3v) is 3.75. The average molecular weight is 278 g/mol. The van der Waals surface area contributed by atoms with Gasteiger partial charge in [0.05, 0.1) is 13.1 Å². The van der Waals surface area contributed by atoms with E-state index in [0.717, 1.165) is 30.7 Å². The molecule has 0 bridgehead atoms. The van der Waals surface area contributed by atoms with E-state index in [4.69, 9.17) is 0 Å². The second-order valence-corrected chi connectivity index (χ2v) is 5.57. The zero-order valence-electron chi connectivity index (χ0n) is 12.6. The van der Waals surface area contributed by atoms with Gasteiger partial charge in [-0.3, -0.25) is 0 Å². The summed E-state index contributed by atoms with van der Waals surface area (Å²) in [5.74, 6) is 0. The lowest BCUT2D eigenvalue weighted by Crippen LogP contribution is -2.46. The molecule has 0 saturated carbocycles. The lowest BCUT2D eigenvalue weighted by molar-refractivity contribution is -0.943. The maximum atomic E-state index is 3.96. The number of hydrogen-bond acceptors (Lipinski definition) is 0. The van der Waals surface area contributed by atoms with E-state index >= 15 is 0 Å². The van der Waals surface area contributed by atoms with E-state index in [0.29, 0.717) is 0 Å². The Morgan fingerprint density at radius 3 is 1.38 bits per heavy atom. The van der Waals surface area contributed by atoms with E-state index in [1.54, 1.807) is 0 Å². The first kappa shape index (κ1) is 15.3. The van der Waals surface area contributed by atoms with Crippen molar-refractivity contribution in [3.63, 3.8) is 0 Å². The van der Waals surface area contributed by atoms with Crippen molar-refractivity contribution < 1.29 is 4.48 Å². The summed E-state index contributed by atoms with van der Waals surface area (Å²) in [6.07, 6.45) is 4.05. The molecule has 0 heterocycles. The van der Waals surface area contributed by atoms with Gasteiger partial charge in [-0.25, -0.2) is 0 Å².